The highest BCUT2D eigenvalue weighted by Crippen LogP contribution is 2.55. The Balaban J connectivity index is 1.47. The van der Waals surface area contributed by atoms with Crippen LogP contribution in [0.2, 0.25) is 5.02 Å². The fraction of sp³-hybridized carbons (Fsp3) is 0.619. The topological polar surface area (TPSA) is 49.0 Å². The number of fused-ring (bicyclic) bond motifs is 3. The molecule has 2 heterocycles. The minimum atomic E-state index is -0.0708. The van der Waals surface area contributed by atoms with E-state index in [0.29, 0.717) is 29.4 Å². The number of hydrogen-bond acceptors (Lipinski definition) is 2. The van der Waals surface area contributed by atoms with Gasteiger partial charge < -0.3 is 9.88 Å². The molecule has 0 bridgehead atoms. The van der Waals surface area contributed by atoms with Crippen LogP contribution in [0.3, 0.4) is 0 Å². The summed E-state index contributed by atoms with van der Waals surface area (Å²) >= 11 is 6.10. The molecule has 1 spiro atoms. The number of carbonyl (C=O) groups is 1. The van der Waals surface area contributed by atoms with Crippen molar-refractivity contribution in [3.63, 3.8) is 0 Å². The summed E-state index contributed by atoms with van der Waals surface area (Å²) in [6.45, 7) is 0.605. The summed E-state index contributed by atoms with van der Waals surface area (Å²) in [5.41, 5.74) is 1.80. The summed E-state index contributed by atoms with van der Waals surface area (Å²) in [7, 11) is 0. The van der Waals surface area contributed by atoms with E-state index in [9.17, 15) is 4.79 Å². The molecule has 138 valence electrons. The molecule has 1 aliphatic heterocycles. The summed E-state index contributed by atoms with van der Waals surface area (Å²) in [4.78, 5) is 23.9. The first-order valence-electron chi connectivity index (χ1n) is 10.1. The Hall–Kier alpha value is -1.55. The van der Waals surface area contributed by atoms with Gasteiger partial charge in [-0.3, -0.25) is 4.79 Å². The lowest BCUT2D eigenvalue weighted by molar-refractivity contribution is -0.139. The van der Waals surface area contributed by atoms with Crippen molar-refractivity contribution in [2.75, 3.05) is 0 Å². The van der Waals surface area contributed by atoms with Gasteiger partial charge in [0.2, 0.25) is 5.91 Å². The molecule has 2 unspecified atom stereocenters. The van der Waals surface area contributed by atoms with Gasteiger partial charge in [-0.15, -0.1) is 0 Å². The molecular weight excluding hydrogens is 346 g/mol. The second-order valence-corrected chi connectivity index (χ2v) is 8.89. The third-order valence-corrected chi connectivity index (χ3v) is 7.32. The first-order chi connectivity index (χ1) is 12.7. The number of carbonyl (C=O) groups excluding carboxylic acids is 1. The summed E-state index contributed by atoms with van der Waals surface area (Å²) in [6, 6.07) is 6.12. The highest BCUT2D eigenvalue weighted by molar-refractivity contribution is 6.31. The van der Waals surface area contributed by atoms with Gasteiger partial charge in [-0.2, -0.15) is 0 Å². The van der Waals surface area contributed by atoms with Gasteiger partial charge in [-0.1, -0.05) is 43.7 Å². The van der Waals surface area contributed by atoms with E-state index in [1.54, 1.807) is 0 Å². The van der Waals surface area contributed by atoms with Crippen LogP contribution in [0.15, 0.2) is 18.2 Å². The fourth-order valence-corrected chi connectivity index (χ4v) is 6.12. The highest BCUT2D eigenvalue weighted by Gasteiger charge is 2.58. The number of imidazole rings is 1. The van der Waals surface area contributed by atoms with Gasteiger partial charge in [-0.25, -0.2) is 4.98 Å². The van der Waals surface area contributed by atoms with E-state index in [2.05, 4.69) is 9.88 Å². The average molecular weight is 372 g/mol. The van der Waals surface area contributed by atoms with Gasteiger partial charge in [-0.05, 0) is 49.8 Å². The van der Waals surface area contributed by atoms with Crippen LogP contribution in [-0.2, 0) is 11.3 Å². The molecule has 3 fully saturated rings. The Morgan fingerprint density at radius 1 is 1.15 bits per heavy atom. The van der Waals surface area contributed by atoms with Crippen LogP contribution in [0.4, 0.5) is 0 Å². The van der Waals surface area contributed by atoms with Gasteiger partial charge >= 0.3 is 0 Å². The molecule has 2 aromatic rings. The molecule has 1 aromatic heterocycles. The molecule has 1 N–H and O–H groups in total. The number of aromatic amines is 1. The lowest BCUT2D eigenvalue weighted by Gasteiger charge is -2.39. The Kier molecular flexibility index (Phi) is 4.00. The SMILES string of the molecule is O=C1N(Cc2nc3ccc(Cl)cc3[nH]2)C2CCCCC2C12CCCCC2. The van der Waals surface area contributed by atoms with Crippen molar-refractivity contribution in [1.29, 1.82) is 0 Å². The van der Waals surface area contributed by atoms with E-state index in [0.717, 1.165) is 36.1 Å². The number of halogens is 1. The molecule has 1 amide bonds. The number of nitrogens with one attached hydrogen (secondary N) is 1. The largest absolute Gasteiger partial charge is 0.340 e. The monoisotopic (exact) mass is 371 g/mol. The van der Waals surface area contributed by atoms with E-state index in [1.807, 2.05) is 18.2 Å². The molecular formula is C21H26ClN3O. The van der Waals surface area contributed by atoms with Gasteiger partial charge in [0.1, 0.15) is 5.82 Å². The first kappa shape index (κ1) is 16.6. The van der Waals surface area contributed by atoms with Crippen LogP contribution < -0.4 is 0 Å². The molecule has 2 atom stereocenters. The summed E-state index contributed by atoms with van der Waals surface area (Å²) in [5.74, 6) is 1.85. The van der Waals surface area contributed by atoms with Crippen LogP contribution in [0.5, 0.6) is 0 Å². The maximum Gasteiger partial charge on any atom is 0.229 e. The zero-order chi connectivity index (χ0) is 17.7. The second-order valence-electron chi connectivity index (χ2n) is 8.45. The van der Waals surface area contributed by atoms with Crippen molar-refractivity contribution in [3.05, 3.63) is 29.0 Å². The summed E-state index contributed by atoms with van der Waals surface area (Å²) < 4.78 is 0. The molecule has 2 saturated carbocycles. The lowest BCUT2D eigenvalue weighted by atomic mass is 9.62. The molecule has 2 aliphatic carbocycles. The van der Waals surface area contributed by atoms with Gasteiger partial charge in [0.25, 0.3) is 0 Å². The van der Waals surface area contributed by atoms with Crippen molar-refractivity contribution >= 4 is 28.5 Å². The number of H-pyrrole nitrogens is 1. The third kappa shape index (κ3) is 2.49. The molecule has 1 aromatic carbocycles. The Labute approximate surface area is 159 Å². The van der Waals surface area contributed by atoms with E-state index in [-0.39, 0.29) is 5.41 Å². The first-order valence-corrected chi connectivity index (χ1v) is 10.5. The number of hydrogen-bond donors (Lipinski definition) is 1. The maximum atomic E-state index is 13.6. The van der Waals surface area contributed by atoms with E-state index in [1.165, 1.54) is 38.5 Å². The van der Waals surface area contributed by atoms with Crippen LogP contribution in [0.25, 0.3) is 11.0 Å². The van der Waals surface area contributed by atoms with Crippen LogP contribution >= 0.6 is 11.6 Å². The van der Waals surface area contributed by atoms with E-state index in [4.69, 9.17) is 16.6 Å². The zero-order valence-corrected chi connectivity index (χ0v) is 15.9. The van der Waals surface area contributed by atoms with Crippen molar-refractivity contribution in [2.24, 2.45) is 11.3 Å². The third-order valence-electron chi connectivity index (χ3n) is 7.09. The second kappa shape index (κ2) is 6.26. The number of nitrogens with zero attached hydrogens (tertiary/aromatic N) is 2. The van der Waals surface area contributed by atoms with Crippen molar-refractivity contribution in [1.82, 2.24) is 14.9 Å². The van der Waals surface area contributed by atoms with Crippen molar-refractivity contribution in [3.8, 4) is 0 Å². The number of likely N-dealkylation sites (tertiary alicyclic amines) is 1. The van der Waals surface area contributed by atoms with Gasteiger partial charge in [0, 0.05) is 11.1 Å². The fourth-order valence-electron chi connectivity index (χ4n) is 5.95. The van der Waals surface area contributed by atoms with Crippen molar-refractivity contribution in [2.45, 2.75) is 70.4 Å². The average Bonchev–Trinajstić information content (AvgIpc) is 3.16. The molecule has 4 nitrogen and oxygen atoms in total. The molecule has 5 heteroatoms. The highest BCUT2D eigenvalue weighted by atomic mass is 35.5. The number of rotatable bonds is 2. The summed E-state index contributed by atoms with van der Waals surface area (Å²) in [5, 5.41) is 0.707. The van der Waals surface area contributed by atoms with Gasteiger partial charge in [0.15, 0.2) is 0 Å². The maximum absolute atomic E-state index is 13.6. The van der Waals surface area contributed by atoms with E-state index >= 15 is 0 Å². The van der Waals surface area contributed by atoms with Gasteiger partial charge in [0.05, 0.1) is 23.0 Å². The Bertz CT molecular complexity index is 839. The quantitative estimate of drug-likeness (QED) is 0.801. The predicted octanol–water partition coefficient (Wildman–Crippen LogP) is 5.07. The van der Waals surface area contributed by atoms with E-state index < -0.39 is 0 Å². The van der Waals surface area contributed by atoms with Crippen LogP contribution in [-0.4, -0.2) is 26.8 Å². The number of benzene rings is 1. The Morgan fingerprint density at radius 3 is 2.81 bits per heavy atom. The molecule has 3 aliphatic rings. The summed E-state index contributed by atoms with van der Waals surface area (Å²) in [6.07, 6.45) is 10.8. The predicted molar refractivity (Wildman–Crippen MR) is 103 cm³/mol. The molecule has 26 heavy (non-hydrogen) atoms. The normalized spacial score (nSPS) is 28.0. The van der Waals surface area contributed by atoms with Crippen LogP contribution in [0.1, 0.15) is 63.6 Å². The minimum Gasteiger partial charge on any atom is -0.340 e. The number of aromatic nitrogens is 2. The smallest absolute Gasteiger partial charge is 0.229 e. The minimum absolute atomic E-state index is 0.0708. The lowest BCUT2D eigenvalue weighted by Crippen LogP contribution is -2.38. The molecule has 5 rings (SSSR count). The number of amides is 1. The zero-order valence-electron chi connectivity index (χ0n) is 15.1. The van der Waals surface area contributed by atoms with Crippen molar-refractivity contribution < 1.29 is 4.79 Å². The standard InChI is InChI=1S/C21H26ClN3O/c22-14-8-9-16-17(12-14)24-19(23-16)13-25-18-7-3-2-6-15(18)21(20(25)26)10-4-1-5-11-21/h8-9,12,15,18H,1-7,10-11,13H2,(H,23,24). The molecule has 1 saturated heterocycles. The van der Waals surface area contributed by atoms with Crippen LogP contribution in [0, 0.1) is 11.3 Å². The Morgan fingerprint density at radius 2 is 1.96 bits per heavy atom. The molecule has 0 radical (unpaired) electrons.